The van der Waals surface area contributed by atoms with Crippen LogP contribution in [0.2, 0.25) is 0 Å². The van der Waals surface area contributed by atoms with Crippen LogP contribution in [0.25, 0.3) is 11.0 Å². The molecule has 4 nitrogen and oxygen atoms in total. The Balaban J connectivity index is 1.69. The van der Waals surface area contributed by atoms with E-state index in [1.807, 2.05) is 0 Å². The number of rotatable bonds is 14. The minimum Gasteiger partial charge on any atom is -0.507 e. The molecule has 2 N–H and O–H groups in total. The van der Waals surface area contributed by atoms with Crippen molar-refractivity contribution in [1.29, 1.82) is 0 Å². The summed E-state index contributed by atoms with van der Waals surface area (Å²) in [6.45, 7) is 5.57. The molecular formula is C26H40O4. The third-order valence-electron chi connectivity index (χ3n) is 6.17. The van der Waals surface area contributed by atoms with Gasteiger partial charge in [0.05, 0.1) is 0 Å². The Morgan fingerprint density at radius 1 is 0.733 bits per heavy atom. The Hall–Kier alpha value is -1.97. The Morgan fingerprint density at radius 2 is 1.23 bits per heavy atom. The molecule has 0 aliphatic heterocycles. The predicted molar refractivity (Wildman–Crippen MR) is 125 cm³/mol. The number of unbranched alkanes of at least 4 members (excludes halogenated alkanes) is 12. The first-order valence-electron chi connectivity index (χ1n) is 11.9. The van der Waals surface area contributed by atoms with Crippen molar-refractivity contribution in [2.45, 2.75) is 111 Å². The van der Waals surface area contributed by atoms with Gasteiger partial charge in [-0.1, -0.05) is 84.0 Å². The zero-order valence-corrected chi connectivity index (χ0v) is 19.2. The first-order valence-corrected chi connectivity index (χ1v) is 11.9. The molecule has 0 atom stereocenters. The molecule has 168 valence electrons. The predicted octanol–water partition coefficient (Wildman–Crippen LogP) is 7.45. The number of phenolic OH excluding ortho intramolecular Hbond substituents is 2. The van der Waals surface area contributed by atoms with Gasteiger partial charge in [0.2, 0.25) is 0 Å². The second kappa shape index (κ2) is 12.7. The molecular weight excluding hydrogens is 376 g/mol. The average molecular weight is 417 g/mol. The van der Waals surface area contributed by atoms with Gasteiger partial charge in [0.1, 0.15) is 28.2 Å². The van der Waals surface area contributed by atoms with Crippen LogP contribution >= 0.6 is 0 Å². The van der Waals surface area contributed by atoms with Crippen LogP contribution in [0, 0.1) is 13.8 Å². The van der Waals surface area contributed by atoms with E-state index >= 15 is 0 Å². The standard InChI is InChI=1S/C26H40O4/c1-4-5-6-7-8-9-10-11-12-13-14-15-16-17-21-18-22(27)23-25(29)19(2)24(28)20(3)26(23)30-21/h18,28-29H,4-17H2,1-3H3. The number of aryl methyl sites for hydroxylation is 2. The second-order valence-corrected chi connectivity index (χ2v) is 8.72. The van der Waals surface area contributed by atoms with E-state index in [1.54, 1.807) is 13.8 Å². The van der Waals surface area contributed by atoms with Gasteiger partial charge in [-0.05, 0) is 20.3 Å². The van der Waals surface area contributed by atoms with E-state index in [4.69, 9.17) is 4.42 Å². The lowest BCUT2D eigenvalue weighted by Gasteiger charge is -2.11. The quantitative estimate of drug-likeness (QED) is 0.314. The highest BCUT2D eigenvalue weighted by Crippen LogP contribution is 2.37. The number of aromatic hydroxyl groups is 2. The molecule has 0 amide bonds. The number of fused-ring (bicyclic) bond motifs is 1. The van der Waals surface area contributed by atoms with Crippen molar-refractivity contribution in [1.82, 2.24) is 0 Å². The van der Waals surface area contributed by atoms with Crippen LogP contribution in [-0.2, 0) is 6.42 Å². The molecule has 4 heteroatoms. The summed E-state index contributed by atoms with van der Waals surface area (Å²) < 4.78 is 5.88. The van der Waals surface area contributed by atoms with E-state index in [0.717, 1.165) is 12.8 Å². The SMILES string of the molecule is CCCCCCCCCCCCCCCc1cc(=O)c2c(O)c(C)c(O)c(C)c2o1. The minimum atomic E-state index is -0.246. The molecule has 0 saturated carbocycles. The molecule has 1 heterocycles. The van der Waals surface area contributed by atoms with Gasteiger partial charge in [-0.25, -0.2) is 0 Å². The number of phenols is 2. The van der Waals surface area contributed by atoms with Crippen molar-refractivity contribution >= 4 is 11.0 Å². The fourth-order valence-electron chi connectivity index (χ4n) is 4.16. The van der Waals surface area contributed by atoms with Crippen LogP contribution < -0.4 is 5.43 Å². The Morgan fingerprint density at radius 3 is 1.77 bits per heavy atom. The maximum atomic E-state index is 12.5. The maximum absolute atomic E-state index is 12.5. The number of hydrogen-bond acceptors (Lipinski definition) is 4. The third-order valence-corrected chi connectivity index (χ3v) is 6.17. The van der Waals surface area contributed by atoms with Crippen molar-refractivity contribution in [2.75, 3.05) is 0 Å². The molecule has 0 fully saturated rings. The summed E-state index contributed by atoms with van der Waals surface area (Å²) in [6.07, 6.45) is 17.6. The normalized spacial score (nSPS) is 11.4. The third kappa shape index (κ3) is 6.78. The first kappa shape index (κ1) is 24.3. The second-order valence-electron chi connectivity index (χ2n) is 8.72. The van der Waals surface area contributed by atoms with Gasteiger partial charge in [-0.2, -0.15) is 0 Å². The van der Waals surface area contributed by atoms with Gasteiger partial charge in [0.25, 0.3) is 0 Å². The number of benzene rings is 1. The van der Waals surface area contributed by atoms with Crippen molar-refractivity contribution < 1.29 is 14.6 Å². The van der Waals surface area contributed by atoms with Gasteiger partial charge in [-0.15, -0.1) is 0 Å². The van der Waals surface area contributed by atoms with Crippen LogP contribution in [0.1, 0.15) is 107 Å². The van der Waals surface area contributed by atoms with E-state index in [1.165, 1.54) is 76.7 Å². The van der Waals surface area contributed by atoms with Gasteiger partial charge in [0.15, 0.2) is 5.43 Å². The summed E-state index contributed by atoms with van der Waals surface area (Å²) in [7, 11) is 0. The minimum absolute atomic E-state index is 0.0127. The fraction of sp³-hybridized carbons (Fsp3) is 0.654. The lowest BCUT2D eigenvalue weighted by atomic mass is 10.0. The molecule has 2 rings (SSSR count). The molecule has 0 aliphatic carbocycles. The van der Waals surface area contributed by atoms with E-state index in [-0.39, 0.29) is 22.3 Å². The summed E-state index contributed by atoms with van der Waals surface area (Å²) in [6, 6.07) is 1.48. The average Bonchev–Trinajstić information content (AvgIpc) is 2.73. The Kier molecular flexibility index (Phi) is 10.3. The molecule has 0 unspecified atom stereocenters. The number of hydrogen-bond donors (Lipinski definition) is 2. The molecule has 1 aromatic heterocycles. The lowest BCUT2D eigenvalue weighted by Crippen LogP contribution is -2.04. The highest BCUT2D eigenvalue weighted by atomic mass is 16.3. The Labute approximate surface area is 181 Å². The van der Waals surface area contributed by atoms with Gasteiger partial charge in [-0.3, -0.25) is 4.79 Å². The van der Waals surface area contributed by atoms with Crippen molar-refractivity contribution in [3.8, 4) is 11.5 Å². The highest BCUT2D eigenvalue weighted by Gasteiger charge is 2.18. The molecule has 2 aromatic rings. The molecule has 0 radical (unpaired) electrons. The summed E-state index contributed by atoms with van der Waals surface area (Å²) in [5, 5.41) is 20.5. The zero-order valence-electron chi connectivity index (χ0n) is 19.2. The van der Waals surface area contributed by atoms with E-state index in [2.05, 4.69) is 6.92 Å². The molecule has 0 bridgehead atoms. The van der Waals surface area contributed by atoms with Crippen LogP contribution in [0.15, 0.2) is 15.3 Å². The van der Waals surface area contributed by atoms with Crippen LogP contribution in [0.4, 0.5) is 0 Å². The maximum Gasteiger partial charge on any atom is 0.196 e. The molecule has 0 aliphatic rings. The Bertz CT molecular complexity index is 850. The summed E-state index contributed by atoms with van der Waals surface area (Å²) in [5.74, 6) is 0.428. The van der Waals surface area contributed by atoms with Crippen molar-refractivity contribution in [2.24, 2.45) is 0 Å². The molecule has 1 aromatic carbocycles. The monoisotopic (exact) mass is 416 g/mol. The summed E-state index contributed by atoms with van der Waals surface area (Å²) in [5.41, 5.74) is 0.874. The summed E-state index contributed by atoms with van der Waals surface area (Å²) in [4.78, 5) is 12.5. The molecule has 0 spiro atoms. The van der Waals surface area contributed by atoms with Gasteiger partial charge >= 0.3 is 0 Å². The van der Waals surface area contributed by atoms with E-state index in [0.29, 0.717) is 28.9 Å². The van der Waals surface area contributed by atoms with Gasteiger partial charge < -0.3 is 14.6 Å². The molecule has 0 saturated heterocycles. The molecule has 30 heavy (non-hydrogen) atoms. The van der Waals surface area contributed by atoms with Crippen LogP contribution in [0.5, 0.6) is 11.5 Å². The van der Waals surface area contributed by atoms with Crippen molar-refractivity contribution in [3.05, 3.63) is 33.2 Å². The largest absolute Gasteiger partial charge is 0.507 e. The van der Waals surface area contributed by atoms with E-state index < -0.39 is 0 Å². The summed E-state index contributed by atoms with van der Waals surface area (Å²) >= 11 is 0. The van der Waals surface area contributed by atoms with E-state index in [9.17, 15) is 15.0 Å². The fourth-order valence-corrected chi connectivity index (χ4v) is 4.16. The van der Waals surface area contributed by atoms with Crippen LogP contribution in [0.3, 0.4) is 0 Å². The zero-order chi connectivity index (χ0) is 21.9. The smallest absolute Gasteiger partial charge is 0.196 e. The van der Waals surface area contributed by atoms with Crippen LogP contribution in [-0.4, -0.2) is 10.2 Å². The highest BCUT2D eigenvalue weighted by molar-refractivity contribution is 5.89. The van der Waals surface area contributed by atoms with Crippen molar-refractivity contribution in [3.63, 3.8) is 0 Å². The first-order chi connectivity index (χ1) is 14.5. The topological polar surface area (TPSA) is 70.7 Å². The lowest BCUT2D eigenvalue weighted by molar-refractivity contribution is 0.439. The van der Waals surface area contributed by atoms with Gasteiger partial charge in [0, 0.05) is 23.6 Å².